The van der Waals surface area contributed by atoms with Crippen LogP contribution in [-0.4, -0.2) is 18.3 Å². The fourth-order valence-corrected chi connectivity index (χ4v) is 4.02. The van der Waals surface area contributed by atoms with Crippen LogP contribution in [0.25, 0.3) is 9.65 Å². The van der Waals surface area contributed by atoms with Crippen molar-refractivity contribution in [2.45, 2.75) is 6.54 Å². The van der Waals surface area contributed by atoms with E-state index in [1.165, 1.54) is 9.82 Å². The average Bonchev–Trinajstić information content (AvgIpc) is 2.68. The monoisotopic (exact) mass is 289 g/mol. The molecule has 0 bridgehead atoms. The van der Waals surface area contributed by atoms with Crippen LogP contribution in [0.3, 0.4) is 0 Å². The molecule has 0 radical (unpaired) electrons. The molecule has 0 unspecified atom stereocenters. The second-order valence-electron chi connectivity index (χ2n) is 3.91. The molecule has 0 aliphatic heterocycles. The van der Waals surface area contributed by atoms with Gasteiger partial charge in [0.1, 0.15) is 0 Å². The Morgan fingerprint density at radius 3 is 2.41 bits per heavy atom. The number of benzene rings is 2. The Bertz CT molecular complexity index is 697. The van der Waals surface area contributed by atoms with Crippen LogP contribution in [0, 0.1) is 0 Å². The van der Waals surface area contributed by atoms with Crippen molar-refractivity contribution in [3.8, 4) is 0 Å². The van der Waals surface area contributed by atoms with Crippen molar-refractivity contribution in [2.75, 3.05) is 0 Å². The SMILES string of the molecule is O=c1c2ccccc2[se]n1Cc1ccccc1. The summed E-state index contributed by atoms with van der Waals surface area (Å²) in [4.78, 5) is 12.1. The second kappa shape index (κ2) is 4.36. The zero-order chi connectivity index (χ0) is 11.7. The Labute approximate surface area is 105 Å². The molecular weight excluding hydrogens is 277 g/mol. The van der Waals surface area contributed by atoms with E-state index in [1.54, 1.807) is 0 Å². The molecule has 0 fully saturated rings. The summed E-state index contributed by atoms with van der Waals surface area (Å²) in [7, 11) is 0. The molecule has 3 aromatic rings. The van der Waals surface area contributed by atoms with Gasteiger partial charge in [-0.25, -0.2) is 0 Å². The number of aromatic nitrogens is 1. The molecule has 0 amide bonds. The van der Waals surface area contributed by atoms with E-state index < -0.39 is 0 Å². The average molecular weight is 288 g/mol. The predicted molar refractivity (Wildman–Crippen MR) is 70.7 cm³/mol. The van der Waals surface area contributed by atoms with E-state index in [4.69, 9.17) is 0 Å². The Morgan fingerprint density at radius 2 is 1.65 bits per heavy atom. The van der Waals surface area contributed by atoms with Crippen molar-refractivity contribution in [1.29, 1.82) is 0 Å². The predicted octanol–water partition coefficient (Wildman–Crippen LogP) is 2.11. The molecule has 0 N–H and O–H groups in total. The van der Waals surface area contributed by atoms with Gasteiger partial charge in [0.15, 0.2) is 0 Å². The van der Waals surface area contributed by atoms with E-state index >= 15 is 0 Å². The molecule has 17 heavy (non-hydrogen) atoms. The van der Waals surface area contributed by atoms with Gasteiger partial charge in [0, 0.05) is 0 Å². The van der Waals surface area contributed by atoms with Crippen LogP contribution in [0.2, 0.25) is 0 Å². The zero-order valence-electron chi connectivity index (χ0n) is 9.17. The fraction of sp³-hybridized carbons (Fsp3) is 0.0714. The fourth-order valence-electron chi connectivity index (χ4n) is 1.87. The third kappa shape index (κ3) is 1.99. The third-order valence-electron chi connectivity index (χ3n) is 2.72. The Morgan fingerprint density at radius 1 is 0.941 bits per heavy atom. The van der Waals surface area contributed by atoms with Crippen LogP contribution in [0.15, 0.2) is 59.4 Å². The Balaban J connectivity index is 2.07. The van der Waals surface area contributed by atoms with Crippen LogP contribution in [-0.2, 0) is 6.54 Å². The van der Waals surface area contributed by atoms with E-state index in [9.17, 15) is 4.79 Å². The van der Waals surface area contributed by atoms with Crippen molar-refractivity contribution in [3.63, 3.8) is 0 Å². The van der Waals surface area contributed by atoms with Crippen molar-refractivity contribution < 1.29 is 0 Å². The summed E-state index contributed by atoms with van der Waals surface area (Å²) in [5.41, 5.74) is 1.36. The number of hydrogen-bond donors (Lipinski definition) is 0. The van der Waals surface area contributed by atoms with Crippen LogP contribution in [0.5, 0.6) is 0 Å². The summed E-state index contributed by atoms with van der Waals surface area (Å²) in [5, 5.41) is 0.878. The third-order valence-corrected chi connectivity index (χ3v) is 4.96. The Kier molecular flexibility index (Phi) is 2.71. The summed E-state index contributed by atoms with van der Waals surface area (Å²) in [6.07, 6.45) is 0. The van der Waals surface area contributed by atoms with Gasteiger partial charge in [-0.2, -0.15) is 0 Å². The van der Waals surface area contributed by atoms with Crippen molar-refractivity contribution in [3.05, 3.63) is 70.5 Å². The molecule has 3 heteroatoms. The van der Waals surface area contributed by atoms with Crippen LogP contribution in [0.4, 0.5) is 0 Å². The van der Waals surface area contributed by atoms with E-state index in [0.29, 0.717) is 6.54 Å². The molecule has 0 atom stereocenters. The summed E-state index contributed by atoms with van der Waals surface area (Å²) in [6.45, 7) is 0.717. The topological polar surface area (TPSA) is 22.0 Å². The molecule has 0 aliphatic carbocycles. The quantitative estimate of drug-likeness (QED) is 0.662. The van der Waals surface area contributed by atoms with Crippen molar-refractivity contribution in [1.82, 2.24) is 3.56 Å². The number of nitrogens with zero attached hydrogens (tertiary/aromatic N) is 1. The molecule has 1 aromatic heterocycles. The van der Waals surface area contributed by atoms with Crippen molar-refractivity contribution >= 4 is 24.4 Å². The molecule has 2 nitrogen and oxygen atoms in total. The maximum absolute atomic E-state index is 12.1. The summed E-state index contributed by atoms with van der Waals surface area (Å²) in [6, 6.07) is 18.0. The molecule has 0 saturated heterocycles. The van der Waals surface area contributed by atoms with E-state index in [0.717, 1.165) is 5.39 Å². The van der Waals surface area contributed by atoms with Gasteiger partial charge in [-0.1, -0.05) is 0 Å². The maximum atomic E-state index is 12.1. The molecule has 2 aromatic carbocycles. The molecule has 0 aliphatic rings. The number of rotatable bonds is 2. The normalized spacial score (nSPS) is 10.8. The molecule has 0 spiro atoms. The summed E-state index contributed by atoms with van der Waals surface area (Å²) < 4.78 is 3.15. The molecule has 0 saturated carbocycles. The first-order chi connectivity index (χ1) is 8.34. The first-order valence-corrected chi connectivity index (χ1v) is 7.09. The van der Waals surface area contributed by atoms with Crippen LogP contribution in [0.1, 0.15) is 5.56 Å². The van der Waals surface area contributed by atoms with Crippen molar-refractivity contribution in [2.24, 2.45) is 0 Å². The zero-order valence-corrected chi connectivity index (χ0v) is 10.9. The van der Waals surface area contributed by atoms with E-state index in [-0.39, 0.29) is 20.3 Å². The van der Waals surface area contributed by atoms with Gasteiger partial charge in [-0.3, -0.25) is 0 Å². The van der Waals surface area contributed by atoms with Gasteiger partial charge < -0.3 is 0 Å². The van der Waals surface area contributed by atoms with Gasteiger partial charge in [0.2, 0.25) is 0 Å². The van der Waals surface area contributed by atoms with E-state index in [2.05, 4.69) is 18.2 Å². The van der Waals surface area contributed by atoms with Gasteiger partial charge in [-0.15, -0.1) is 0 Å². The van der Waals surface area contributed by atoms with Crippen LogP contribution < -0.4 is 5.56 Å². The van der Waals surface area contributed by atoms with Gasteiger partial charge in [0.05, 0.1) is 0 Å². The van der Waals surface area contributed by atoms with Gasteiger partial charge in [0.25, 0.3) is 0 Å². The van der Waals surface area contributed by atoms with Gasteiger partial charge >= 0.3 is 105 Å². The van der Waals surface area contributed by atoms with Gasteiger partial charge in [-0.05, 0) is 0 Å². The van der Waals surface area contributed by atoms with Crippen LogP contribution >= 0.6 is 0 Å². The van der Waals surface area contributed by atoms with E-state index in [1.807, 2.05) is 40.0 Å². The minimum absolute atomic E-state index is 0.128. The standard InChI is InChI=1S/C14H11NOSe/c16-14-12-8-4-5-9-13(12)17-15(14)10-11-6-2-1-3-7-11/h1-9H,10H2. The molecule has 1 heterocycles. The first kappa shape index (κ1) is 10.6. The summed E-state index contributed by atoms with van der Waals surface area (Å²) >= 11 is 0.128. The summed E-state index contributed by atoms with van der Waals surface area (Å²) in [5.74, 6) is 0. The molecular formula is C14H11NOSe. The number of hydrogen-bond acceptors (Lipinski definition) is 1. The number of fused-ring (bicyclic) bond motifs is 1. The second-order valence-corrected chi connectivity index (χ2v) is 6.15. The molecule has 84 valence electrons. The first-order valence-electron chi connectivity index (χ1n) is 5.47. The Hall–Kier alpha value is -1.57. The minimum atomic E-state index is 0.128. The molecule has 3 rings (SSSR count).